The van der Waals surface area contributed by atoms with Crippen molar-refractivity contribution in [2.24, 2.45) is 16.7 Å². The minimum absolute atomic E-state index is 0.504. The van der Waals surface area contributed by atoms with Crippen molar-refractivity contribution in [1.82, 2.24) is 0 Å². The summed E-state index contributed by atoms with van der Waals surface area (Å²) in [5.41, 5.74) is 1.25. The fraction of sp³-hybridized carbons (Fsp3) is 0.833. The molecule has 0 aromatic carbocycles. The molecule has 0 N–H and O–H groups in total. The third-order valence-corrected chi connectivity index (χ3v) is 3.37. The van der Waals surface area contributed by atoms with Gasteiger partial charge in [0.05, 0.1) is 0 Å². The molecule has 0 heterocycles. The Kier molecular flexibility index (Phi) is 1.55. The highest BCUT2D eigenvalue weighted by molar-refractivity contribution is 5.30. The molecule has 0 spiro atoms. The standard InChI is InChI=1S/C12H18/c1-4-5-11-7-12(8-11,9-11)6-10(2)3/h10H,6-9H2,1-3H3. The van der Waals surface area contributed by atoms with Gasteiger partial charge < -0.3 is 0 Å². The van der Waals surface area contributed by atoms with E-state index in [1.54, 1.807) is 0 Å². The monoisotopic (exact) mass is 162 g/mol. The van der Waals surface area contributed by atoms with E-state index in [1.807, 2.05) is 6.92 Å². The van der Waals surface area contributed by atoms with E-state index in [2.05, 4.69) is 25.7 Å². The minimum atomic E-state index is 0.504. The van der Waals surface area contributed by atoms with Crippen molar-refractivity contribution in [2.45, 2.75) is 46.5 Å². The zero-order valence-electron chi connectivity index (χ0n) is 8.41. The van der Waals surface area contributed by atoms with Gasteiger partial charge in [0.15, 0.2) is 0 Å². The summed E-state index contributed by atoms with van der Waals surface area (Å²) in [5, 5.41) is 0. The molecule has 66 valence electrons. The molecule has 12 heavy (non-hydrogen) atoms. The molecule has 3 saturated carbocycles. The lowest BCUT2D eigenvalue weighted by Gasteiger charge is -2.69. The molecule has 0 amide bonds. The second-order valence-electron chi connectivity index (χ2n) is 5.28. The van der Waals surface area contributed by atoms with Crippen LogP contribution in [0.4, 0.5) is 0 Å². The lowest BCUT2D eigenvalue weighted by atomic mass is 9.34. The van der Waals surface area contributed by atoms with E-state index < -0.39 is 0 Å². The molecule has 0 aromatic heterocycles. The van der Waals surface area contributed by atoms with Gasteiger partial charge in [0.1, 0.15) is 0 Å². The van der Waals surface area contributed by atoms with Crippen LogP contribution in [0.15, 0.2) is 0 Å². The van der Waals surface area contributed by atoms with E-state index in [-0.39, 0.29) is 0 Å². The van der Waals surface area contributed by atoms with Crippen molar-refractivity contribution in [2.75, 3.05) is 0 Å². The van der Waals surface area contributed by atoms with Crippen LogP contribution in [-0.2, 0) is 0 Å². The average Bonchev–Trinajstić information content (AvgIpc) is 1.79. The lowest BCUT2D eigenvalue weighted by Crippen LogP contribution is -2.61. The fourth-order valence-corrected chi connectivity index (χ4v) is 3.48. The van der Waals surface area contributed by atoms with Crippen LogP contribution in [-0.4, -0.2) is 0 Å². The van der Waals surface area contributed by atoms with Gasteiger partial charge in [0.2, 0.25) is 0 Å². The average molecular weight is 162 g/mol. The molecule has 3 aliphatic carbocycles. The first-order valence-electron chi connectivity index (χ1n) is 5.04. The predicted molar refractivity (Wildman–Crippen MR) is 51.6 cm³/mol. The summed E-state index contributed by atoms with van der Waals surface area (Å²) in [7, 11) is 0. The third kappa shape index (κ3) is 0.993. The Morgan fingerprint density at radius 2 is 1.83 bits per heavy atom. The molecule has 0 aliphatic heterocycles. The summed E-state index contributed by atoms with van der Waals surface area (Å²) in [6.07, 6.45) is 5.64. The van der Waals surface area contributed by atoms with Gasteiger partial charge in [0.25, 0.3) is 0 Å². The second-order valence-corrected chi connectivity index (χ2v) is 5.28. The first kappa shape index (κ1) is 8.17. The van der Waals surface area contributed by atoms with Gasteiger partial charge in [-0.3, -0.25) is 0 Å². The summed E-state index contributed by atoms with van der Waals surface area (Å²) in [4.78, 5) is 0. The van der Waals surface area contributed by atoms with E-state index in [1.165, 1.54) is 25.7 Å². The van der Waals surface area contributed by atoms with E-state index in [9.17, 15) is 0 Å². The molecule has 0 heteroatoms. The number of rotatable bonds is 2. The SMILES string of the molecule is CC#CC12CC(CC(C)C)(C1)C2. The molecule has 0 saturated heterocycles. The first-order valence-corrected chi connectivity index (χ1v) is 5.04. The predicted octanol–water partition coefficient (Wildman–Crippen LogP) is 3.23. The topological polar surface area (TPSA) is 0 Å². The molecule has 2 bridgehead atoms. The highest BCUT2D eigenvalue weighted by Gasteiger charge is 2.66. The highest BCUT2D eigenvalue weighted by atomic mass is 14.7. The van der Waals surface area contributed by atoms with E-state index in [0.29, 0.717) is 5.41 Å². The van der Waals surface area contributed by atoms with Crippen LogP contribution in [0.1, 0.15) is 46.5 Å². The van der Waals surface area contributed by atoms with Crippen LogP contribution in [0.5, 0.6) is 0 Å². The molecule has 0 nitrogen and oxygen atoms in total. The van der Waals surface area contributed by atoms with Crippen molar-refractivity contribution in [1.29, 1.82) is 0 Å². The van der Waals surface area contributed by atoms with Crippen molar-refractivity contribution in [3.63, 3.8) is 0 Å². The third-order valence-electron chi connectivity index (χ3n) is 3.37. The summed E-state index contributed by atoms with van der Waals surface area (Å²) in [6.45, 7) is 6.63. The molecule has 0 radical (unpaired) electrons. The molecule has 0 atom stereocenters. The largest absolute Gasteiger partial charge is 0.106 e. The van der Waals surface area contributed by atoms with Gasteiger partial charge in [-0.25, -0.2) is 0 Å². The summed E-state index contributed by atoms with van der Waals surface area (Å²) in [5.74, 6) is 7.31. The summed E-state index contributed by atoms with van der Waals surface area (Å²) >= 11 is 0. The summed E-state index contributed by atoms with van der Waals surface area (Å²) < 4.78 is 0. The highest BCUT2D eigenvalue weighted by Crippen LogP contribution is 2.75. The smallest absolute Gasteiger partial charge is 0.0330 e. The Hall–Kier alpha value is -0.440. The molecule has 3 rings (SSSR count). The Balaban J connectivity index is 1.90. The van der Waals surface area contributed by atoms with Gasteiger partial charge in [-0.1, -0.05) is 19.8 Å². The molecular weight excluding hydrogens is 144 g/mol. The molecule has 0 aromatic rings. The van der Waals surface area contributed by atoms with Crippen LogP contribution < -0.4 is 0 Å². The normalized spacial score (nSPS) is 42.7. The maximum Gasteiger partial charge on any atom is 0.0330 e. The van der Waals surface area contributed by atoms with Gasteiger partial charge in [-0.05, 0) is 43.9 Å². The van der Waals surface area contributed by atoms with Crippen molar-refractivity contribution in [3.8, 4) is 11.8 Å². The van der Waals surface area contributed by atoms with Crippen LogP contribution in [0, 0.1) is 28.6 Å². The Labute approximate surface area is 75.7 Å². The Morgan fingerprint density at radius 3 is 2.25 bits per heavy atom. The van der Waals surface area contributed by atoms with Crippen LogP contribution >= 0.6 is 0 Å². The first-order chi connectivity index (χ1) is 5.60. The van der Waals surface area contributed by atoms with Gasteiger partial charge in [-0.15, -0.1) is 5.92 Å². The maximum atomic E-state index is 3.37. The van der Waals surface area contributed by atoms with Crippen molar-refractivity contribution >= 4 is 0 Å². The van der Waals surface area contributed by atoms with E-state index in [0.717, 1.165) is 11.3 Å². The number of hydrogen-bond acceptors (Lipinski definition) is 0. The van der Waals surface area contributed by atoms with Gasteiger partial charge in [-0.2, -0.15) is 0 Å². The lowest BCUT2D eigenvalue weighted by molar-refractivity contribution is -0.172. The Bertz CT molecular complexity index is 229. The maximum absolute atomic E-state index is 3.37. The van der Waals surface area contributed by atoms with Crippen molar-refractivity contribution < 1.29 is 0 Å². The van der Waals surface area contributed by atoms with Crippen molar-refractivity contribution in [3.05, 3.63) is 0 Å². The molecular formula is C12H18. The van der Waals surface area contributed by atoms with E-state index >= 15 is 0 Å². The van der Waals surface area contributed by atoms with Gasteiger partial charge in [0, 0.05) is 5.41 Å². The molecule has 3 aliphatic rings. The fourth-order valence-electron chi connectivity index (χ4n) is 3.48. The second kappa shape index (κ2) is 2.28. The number of hydrogen-bond donors (Lipinski definition) is 0. The van der Waals surface area contributed by atoms with Crippen LogP contribution in [0.25, 0.3) is 0 Å². The molecule has 3 fully saturated rings. The van der Waals surface area contributed by atoms with Crippen LogP contribution in [0.3, 0.4) is 0 Å². The van der Waals surface area contributed by atoms with Gasteiger partial charge >= 0.3 is 0 Å². The quantitative estimate of drug-likeness (QED) is 0.547. The summed E-state index contributed by atoms with van der Waals surface area (Å²) in [6, 6.07) is 0. The zero-order chi connectivity index (χ0) is 8.82. The molecule has 0 unspecified atom stereocenters. The van der Waals surface area contributed by atoms with E-state index in [4.69, 9.17) is 0 Å². The zero-order valence-corrected chi connectivity index (χ0v) is 8.41. The Morgan fingerprint density at radius 1 is 1.25 bits per heavy atom. The van der Waals surface area contributed by atoms with Crippen LogP contribution in [0.2, 0.25) is 0 Å². The minimum Gasteiger partial charge on any atom is -0.106 e.